The van der Waals surface area contributed by atoms with Gasteiger partial charge in [-0.1, -0.05) is 24.2 Å². The van der Waals surface area contributed by atoms with Crippen molar-refractivity contribution in [2.24, 2.45) is 10.9 Å². The highest BCUT2D eigenvalue weighted by atomic mass is 16.4. The van der Waals surface area contributed by atoms with E-state index in [1.807, 2.05) is 43.1 Å². The Morgan fingerprint density at radius 3 is 2.48 bits per heavy atom. The molecule has 0 spiro atoms. The summed E-state index contributed by atoms with van der Waals surface area (Å²) in [4.78, 5) is 6.45. The lowest BCUT2D eigenvalue weighted by atomic mass is 10.1. The van der Waals surface area contributed by atoms with Crippen molar-refractivity contribution >= 4 is 17.3 Å². The number of aryl methyl sites for hydroxylation is 2. The van der Waals surface area contributed by atoms with E-state index in [0.717, 1.165) is 17.8 Å². The lowest BCUT2D eigenvalue weighted by molar-refractivity contribution is 0.318. The molecule has 0 atom stereocenters. The highest BCUT2D eigenvalue weighted by molar-refractivity contribution is 6.02. The van der Waals surface area contributed by atoms with Crippen molar-refractivity contribution < 1.29 is 5.21 Å². The minimum Gasteiger partial charge on any atom is -0.409 e. The van der Waals surface area contributed by atoms with Gasteiger partial charge in [-0.05, 0) is 43.2 Å². The van der Waals surface area contributed by atoms with E-state index < -0.39 is 0 Å². The average Bonchev–Trinajstić information content (AvgIpc) is 2.53. The third kappa shape index (κ3) is 3.13. The SMILES string of the molecule is CCc1ccc(N(C)c2nc(C)ccc2C(N)=NO)cc1. The Labute approximate surface area is 124 Å². The molecular formula is C16H20N4O. The highest BCUT2D eigenvalue weighted by Crippen LogP contribution is 2.26. The lowest BCUT2D eigenvalue weighted by Gasteiger charge is -2.21. The van der Waals surface area contributed by atoms with Gasteiger partial charge in [0.1, 0.15) is 5.82 Å². The zero-order valence-corrected chi connectivity index (χ0v) is 12.5. The summed E-state index contributed by atoms with van der Waals surface area (Å²) in [5.74, 6) is 0.712. The van der Waals surface area contributed by atoms with E-state index in [0.29, 0.717) is 11.4 Å². The molecule has 0 aliphatic rings. The van der Waals surface area contributed by atoms with Crippen molar-refractivity contribution in [2.75, 3.05) is 11.9 Å². The number of hydrogen-bond donors (Lipinski definition) is 2. The van der Waals surface area contributed by atoms with Crippen molar-refractivity contribution in [3.8, 4) is 0 Å². The first-order valence-electron chi connectivity index (χ1n) is 6.85. The summed E-state index contributed by atoms with van der Waals surface area (Å²) in [5.41, 5.74) is 9.49. The number of aromatic nitrogens is 1. The number of nitrogens with two attached hydrogens (primary N) is 1. The molecule has 3 N–H and O–H groups in total. The number of amidine groups is 1. The van der Waals surface area contributed by atoms with Crippen LogP contribution in [0.3, 0.4) is 0 Å². The van der Waals surface area contributed by atoms with Crippen LogP contribution >= 0.6 is 0 Å². The van der Waals surface area contributed by atoms with Crippen LogP contribution < -0.4 is 10.6 Å². The van der Waals surface area contributed by atoms with Gasteiger partial charge in [0.15, 0.2) is 5.84 Å². The second-order valence-electron chi connectivity index (χ2n) is 4.89. The third-order valence-corrected chi connectivity index (χ3v) is 3.45. The van der Waals surface area contributed by atoms with Gasteiger partial charge in [0, 0.05) is 18.4 Å². The molecule has 0 unspecified atom stereocenters. The van der Waals surface area contributed by atoms with Gasteiger partial charge in [0.05, 0.1) is 5.56 Å². The predicted molar refractivity (Wildman–Crippen MR) is 85.4 cm³/mol. The summed E-state index contributed by atoms with van der Waals surface area (Å²) < 4.78 is 0. The maximum absolute atomic E-state index is 8.92. The van der Waals surface area contributed by atoms with Gasteiger partial charge in [-0.15, -0.1) is 0 Å². The largest absolute Gasteiger partial charge is 0.409 e. The van der Waals surface area contributed by atoms with Crippen LogP contribution in [-0.4, -0.2) is 23.1 Å². The van der Waals surface area contributed by atoms with Crippen LogP contribution in [0.2, 0.25) is 0 Å². The Kier molecular flexibility index (Phi) is 4.42. The summed E-state index contributed by atoms with van der Waals surface area (Å²) >= 11 is 0. The highest BCUT2D eigenvalue weighted by Gasteiger charge is 2.14. The van der Waals surface area contributed by atoms with E-state index in [1.165, 1.54) is 5.56 Å². The molecule has 1 aromatic heterocycles. The van der Waals surface area contributed by atoms with E-state index in [2.05, 4.69) is 29.2 Å². The summed E-state index contributed by atoms with van der Waals surface area (Å²) in [7, 11) is 1.91. The fraction of sp³-hybridized carbons (Fsp3) is 0.250. The van der Waals surface area contributed by atoms with E-state index in [-0.39, 0.29) is 5.84 Å². The van der Waals surface area contributed by atoms with Gasteiger partial charge >= 0.3 is 0 Å². The smallest absolute Gasteiger partial charge is 0.173 e. The summed E-state index contributed by atoms with van der Waals surface area (Å²) in [6, 6.07) is 11.9. The fourth-order valence-corrected chi connectivity index (χ4v) is 2.13. The van der Waals surface area contributed by atoms with E-state index in [1.54, 1.807) is 0 Å². The van der Waals surface area contributed by atoms with Crippen LogP contribution in [0.4, 0.5) is 11.5 Å². The second kappa shape index (κ2) is 6.26. The molecule has 1 heterocycles. The summed E-state index contributed by atoms with van der Waals surface area (Å²) in [5, 5.41) is 12.0. The van der Waals surface area contributed by atoms with E-state index in [4.69, 9.17) is 10.9 Å². The van der Waals surface area contributed by atoms with Gasteiger partial charge < -0.3 is 15.8 Å². The van der Waals surface area contributed by atoms with Crippen molar-refractivity contribution in [3.63, 3.8) is 0 Å². The minimum absolute atomic E-state index is 0.0505. The van der Waals surface area contributed by atoms with Crippen LogP contribution in [0.15, 0.2) is 41.6 Å². The van der Waals surface area contributed by atoms with Crippen LogP contribution in [-0.2, 0) is 6.42 Å². The number of oxime groups is 1. The first kappa shape index (κ1) is 14.8. The molecule has 0 bridgehead atoms. The number of pyridine rings is 1. The number of rotatable bonds is 4. The van der Waals surface area contributed by atoms with Crippen LogP contribution in [0.25, 0.3) is 0 Å². The molecule has 0 amide bonds. The number of anilines is 2. The molecule has 0 saturated carbocycles. The van der Waals surface area contributed by atoms with Crippen LogP contribution in [0.1, 0.15) is 23.7 Å². The van der Waals surface area contributed by atoms with Crippen LogP contribution in [0, 0.1) is 6.92 Å². The normalized spacial score (nSPS) is 11.5. The molecule has 0 radical (unpaired) electrons. The molecule has 0 saturated heterocycles. The Morgan fingerprint density at radius 1 is 1.24 bits per heavy atom. The summed E-state index contributed by atoms with van der Waals surface area (Å²) in [6.45, 7) is 4.03. The third-order valence-electron chi connectivity index (χ3n) is 3.45. The zero-order chi connectivity index (χ0) is 15.4. The van der Waals surface area contributed by atoms with Crippen molar-refractivity contribution in [1.82, 2.24) is 4.98 Å². The van der Waals surface area contributed by atoms with Gasteiger partial charge in [0.25, 0.3) is 0 Å². The Balaban J connectivity index is 2.46. The standard InChI is InChI=1S/C16H20N4O/c1-4-12-6-8-13(9-7-12)20(3)16-14(15(17)19-21)10-5-11(2)18-16/h5-10,21H,4H2,1-3H3,(H2,17,19). The molecular weight excluding hydrogens is 264 g/mol. The van der Waals surface area contributed by atoms with Crippen molar-refractivity contribution in [3.05, 3.63) is 53.2 Å². The van der Waals surface area contributed by atoms with Crippen molar-refractivity contribution in [2.45, 2.75) is 20.3 Å². The first-order valence-corrected chi connectivity index (χ1v) is 6.85. The van der Waals surface area contributed by atoms with E-state index >= 15 is 0 Å². The Hall–Kier alpha value is -2.56. The number of hydrogen-bond acceptors (Lipinski definition) is 4. The fourth-order valence-electron chi connectivity index (χ4n) is 2.13. The topological polar surface area (TPSA) is 74.7 Å². The van der Waals surface area contributed by atoms with Gasteiger partial charge in [-0.3, -0.25) is 0 Å². The molecule has 1 aromatic carbocycles. The zero-order valence-electron chi connectivity index (χ0n) is 12.5. The van der Waals surface area contributed by atoms with Crippen LogP contribution in [0.5, 0.6) is 0 Å². The molecule has 0 fully saturated rings. The lowest BCUT2D eigenvalue weighted by Crippen LogP contribution is -2.21. The molecule has 5 heteroatoms. The minimum atomic E-state index is 0.0505. The maximum atomic E-state index is 8.92. The molecule has 110 valence electrons. The van der Waals surface area contributed by atoms with Gasteiger partial charge in [-0.25, -0.2) is 4.98 Å². The number of nitrogens with zero attached hydrogens (tertiary/aromatic N) is 3. The monoisotopic (exact) mass is 284 g/mol. The summed E-state index contributed by atoms with van der Waals surface area (Å²) in [6.07, 6.45) is 1.00. The molecule has 2 rings (SSSR count). The molecule has 5 nitrogen and oxygen atoms in total. The van der Waals surface area contributed by atoms with E-state index in [9.17, 15) is 0 Å². The van der Waals surface area contributed by atoms with Gasteiger partial charge in [0.2, 0.25) is 0 Å². The average molecular weight is 284 g/mol. The molecule has 21 heavy (non-hydrogen) atoms. The Morgan fingerprint density at radius 2 is 1.90 bits per heavy atom. The number of benzene rings is 1. The first-order chi connectivity index (χ1) is 10.1. The molecule has 2 aromatic rings. The second-order valence-corrected chi connectivity index (χ2v) is 4.89. The maximum Gasteiger partial charge on any atom is 0.173 e. The molecule has 0 aliphatic heterocycles. The predicted octanol–water partition coefficient (Wildman–Crippen LogP) is 2.81. The quantitative estimate of drug-likeness (QED) is 0.392. The van der Waals surface area contributed by atoms with Crippen molar-refractivity contribution in [1.29, 1.82) is 0 Å². The molecule has 0 aliphatic carbocycles. The van der Waals surface area contributed by atoms with Gasteiger partial charge in [-0.2, -0.15) is 0 Å². The Bertz CT molecular complexity index is 650.